The number of aliphatic hydroxyl groups excluding tert-OH is 1. The van der Waals surface area contributed by atoms with E-state index in [0.717, 1.165) is 19.3 Å². The molecule has 1 aromatic carbocycles. The molecule has 1 aliphatic rings. The van der Waals surface area contributed by atoms with Crippen molar-refractivity contribution in [1.82, 2.24) is 4.90 Å². The van der Waals surface area contributed by atoms with Gasteiger partial charge in [-0.15, -0.1) is 0 Å². The lowest BCUT2D eigenvalue weighted by Crippen LogP contribution is -2.47. The van der Waals surface area contributed by atoms with Gasteiger partial charge in [-0.25, -0.2) is 9.18 Å². The average molecular weight is 280 g/mol. The number of benzene rings is 1. The molecule has 1 saturated heterocycles. The van der Waals surface area contributed by atoms with Crippen LogP contribution in [0.3, 0.4) is 0 Å². The predicted molar refractivity (Wildman–Crippen MR) is 76.2 cm³/mol. The standard InChI is InChI=1S/C15H21FN2O2/c1-2-11-6-7-12(9-14(11)16)17-15(20)18-8-4-3-5-13(18)10-19/h6-7,9,13,19H,2-5,8,10H2,1H3,(H,17,20)/t13-/m0/s1. The van der Waals surface area contributed by atoms with E-state index in [9.17, 15) is 14.3 Å². The van der Waals surface area contributed by atoms with Crippen molar-refractivity contribution in [1.29, 1.82) is 0 Å². The summed E-state index contributed by atoms with van der Waals surface area (Å²) in [4.78, 5) is 13.8. The molecule has 2 amide bonds. The zero-order valence-corrected chi connectivity index (χ0v) is 11.7. The Morgan fingerprint density at radius 3 is 2.95 bits per heavy atom. The highest BCUT2D eigenvalue weighted by molar-refractivity contribution is 5.89. The maximum Gasteiger partial charge on any atom is 0.322 e. The summed E-state index contributed by atoms with van der Waals surface area (Å²) in [5.41, 5.74) is 1.08. The summed E-state index contributed by atoms with van der Waals surface area (Å²) in [6.45, 7) is 2.49. The monoisotopic (exact) mass is 280 g/mol. The van der Waals surface area contributed by atoms with Crippen molar-refractivity contribution in [3.05, 3.63) is 29.6 Å². The van der Waals surface area contributed by atoms with Crippen molar-refractivity contribution in [3.63, 3.8) is 0 Å². The SMILES string of the molecule is CCc1ccc(NC(=O)N2CCCC[C@H]2CO)cc1F. The number of rotatable bonds is 3. The number of likely N-dealkylation sites (tertiary alicyclic amines) is 1. The number of carbonyl (C=O) groups excluding carboxylic acids is 1. The van der Waals surface area contributed by atoms with Gasteiger partial charge >= 0.3 is 6.03 Å². The van der Waals surface area contributed by atoms with Gasteiger partial charge in [-0.2, -0.15) is 0 Å². The smallest absolute Gasteiger partial charge is 0.322 e. The highest BCUT2D eigenvalue weighted by Gasteiger charge is 2.26. The van der Waals surface area contributed by atoms with Gasteiger partial charge in [0.1, 0.15) is 5.82 Å². The van der Waals surface area contributed by atoms with Crippen LogP contribution in [0.1, 0.15) is 31.7 Å². The molecular formula is C15H21FN2O2. The van der Waals surface area contributed by atoms with Gasteiger partial charge in [0, 0.05) is 12.2 Å². The lowest BCUT2D eigenvalue weighted by molar-refractivity contribution is 0.115. The van der Waals surface area contributed by atoms with Gasteiger partial charge in [0.15, 0.2) is 0 Å². The molecule has 5 heteroatoms. The van der Waals surface area contributed by atoms with E-state index in [-0.39, 0.29) is 24.5 Å². The van der Waals surface area contributed by atoms with E-state index in [1.54, 1.807) is 17.0 Å². The highest BCUT2D eigenvalue weighted by atomic mass is 19.1. The molecular weight excluding hydrogens is 259 g/mol. The van der Waals surface area contributed by atoms with Crippen molar-refractivity contribution in [2.75, 3.05) is 18.5 Å². The molecule has 110 valence electrons. The maximum absolute atomic E-state index is 13.7. The zero-order valence-electron chi connectivity index (χ0n) is 11.7. The first kappa shape index (κ1) is 14.8. The first-order chi connectivity index (χ1) is 9.65. The van der Waals surface area contributed by atoms with Crippen molar-refractivity contribution in [2.45, 2.75) is 38.6 Å². The molecule has 1 atom stereocenters. The number of anilines is 1. The molecule has 20 heavy (non-hydrogen) atoms. The Labute approximate surface area is 118 Å². The van der Waals surface area contributed by atoms with Gasteiger partial charge in [0.25, 0.3) is 0 Å². The first-order valence-electron chi connectivity index (χ1n) is 7.12. The lowest BCUT2D eigenvalue weighted by Gasteiger charge is -2.34. The van der Waals surface area contributed by atoms with Crippen LogP contribution in [0.5, 0.6) is 0 Å². The third kappa shape index (κ3) is 3.28. The molecule has 2 rings (SSSR count). The van der Waals surface area contributed by atoms with E-state index in [1.165, 1.54) is 6.07 Å². The molecule has 0 aliphatic carbocycles. The van der Waals surface area contributed by atoms with Crippen LogP contribution in [0.15, 0.2) is 18.2 Å². The molecule has 0 radical (unpaired) electrons. The molecule has 0 saturated carbocycles. The zero-order chi connectivity index (χ0) is 14.5. The van der Waals surface area contributed by atoms with Crippen LogP contribution in [0.25, 0.3) is 0 Å². The number of urea groups is 1. The predicted octanol–water partition coefficient (Wildman–Crippen LogP) is 2.77. The van der Waals surface area contributed by atoms with E-state index in [4.69, 9.17) is 0 Å². The largest absolute Gasteiger partial charge is 0.394 e. The topological polar surface area (TPSA) is 52.6 Å². The van der Waals surface area contributed by atoms with Crippen molar-refractivity contribution in [2.24, 2.45) is 0 Å². The number of nitrogens with zero attached hydrogens (tertiary/aromatic N) is 1. The Balaban J connectivity index is 2.05. The number of hydrogen-bond donors (Lipinski definition) is 2. The summed E-state index contributed by atoms with van der Waals surface area (Å²) in [6.07, 6.45) is 3.40. The van der Waals surface area contributed by atoms with Gasteiger partial charge in [-0.3, -0.25) is 0 Å². The molecule has 0 bridgehead atoms. The fourth-order valence-electron chi connectivity index (χ4n) is 2.56. The number of hydrogen-bond acceptors (Lipinski definition) is 2. The second-order valence-corrected chi connectivity index (χ2v) is 5.12. The van der Waals surface area contributed by atoms with Gasteiger partial charge in [-0.1, -0.05) is 13.0 Å². The summed E-state index contributed by atoms with van der Waals surface area (Å²) >= 11 is 0. The highest BCUT2D eigenvalue weighted by Crippen LogP contribution is 2.19. The van der Waals surface area contributed by atoms with E-state index in [2.05, 4.69) is 5.32 Å². The van der Waals surface area contributed by atoms with Crippen LogP contribution in [-0.4, -0.2) is 35.2 Å². The Bertz CT molecular complexity index is 479. The summed E-state index contributed by atoms with van der Waals surface area (Å²) in [7, 11) is 0. The van der Waals surface area contributed by atoms with E-state index in [1.807, 2.05) is 6.92 Å². The molecule has 0 spiro atoms. The minimum Gasteiger partial charge on any atom is -0.394 e. The van der Waals surface area contributed by atoms with Gasteiger partial charge in [0.2, 0.25) is 0 Å². The number of piperidine rings is 1. The molecule has 2 N–H and O–H groups in total. The number of nitrogens with one attached hydrogen (secondary N) is 1. The average Bonchev–Trinajstić information content (AvgIpc) is 2.47. The summed E-state index contributed by atoms with van der Waals surface area (Å²) in [5, 5.41) is 12.0. The van der Waals surface area contributed by atoms with Gasteiger partial charge in [0.05, 0.1) is 12.6 Å². The van der Waals surface area contributed by atoms with Crippen molar-refractivity contribution in [3.8, 4) is 0 Å². The maximum atomic E-state index is 13.7. The molecule has 1 fully saturated rings. The van der Waals surface area contributed by atoms with Gasteiger partial charge in [-0.05, 0) is 43.4 Å². The first-order valence-corrected chi connectivity index (χ1v) is 7.12. The lowest BCUT2D eigenvalue weighted by atomic mass is 10.0. The van der Waals surface area contributed by atoms with Crippen LogP contribution in [-0.2, 0) is 6.42 Å². The Morgan fingerprint density at radius 2 is 2.30 bits per heavy atom. The third-order valence-corrected chi connectivity index (χ3v) is 3.78. The molecule has 0 unspecified atom stereocenters. The van der Waals surface area contributed by atoms with Crippen LogP contribution in [0, 0.1) is 5.82 Å². The number of aliphatic hydroxyl groups is 1. The summed E-state index contributed by atoms with van der Waals surface area (Å²) in [6, 6.07) is 4.33. The van der Waals surface area contributed by atoms with E-state index < -0.39 is 0 Å². The van der Waals surface area contributed by atoms with E-state index >= 15 is 0 Å². The third-order valence-electron chi connectivity index (χ3n) is 3.78. The normalized spacial score (nSPS) is 18.9. The van der Waals surface area contributed by atoms with Crippen LogP contribution in [0.4, 0.5) is 14.9 Å². The second kappa shape index (κ2) is 6.70. The molecule has 0 aromatic heterocycles. The quantitative estimate of drug-likeness (QED) is 0.894. The van der Waals surface area contributed by atoms with Crippen LogP contribution < -0.4 is 5.32 Å². The molecule has 1 aromatic rings. The van der Waals surface area contributed by atoms with Crippen LogP contribution >= 0.6 is 0 Å². The summed E-state index contributed by atoms with van der Waals surface area (Å²) < 4.78 is 13.7. The molecule has 1 heterocycles. The van der Waals surface area contributed by atoms with E-state index in [0.29, 0.717) is 24.2 Å². The Morgan fingerprint density at radius 1 is 1.50 bits per heavy atom. The van der Waals surface area contributed by atoms with Crippen molar-refractivity contribution < 1.29 is 14.3 Å². The minimum atomic E-state index is -0.303. The van der Waals surface area contributed by atoms with Crippen molar-refractivity contribution >= 4 is 11.7 Å². The molecule has 4 nitrogen and oxygen atoms in total. The van der Waals surface area contributed by atoms with Crippen LogP contribution in [0.2, 0.25) is 0 Å². The number of carbonyl (C=O) groups is 1. The van der Waals surface area contributed by atoms with Gasteiger partial charge < -0.3 is 15.3 Å². The fraction of sp³-hybridized carbons (Fsp3) is 0.533. The minimum absolute atomic E-state index is 0.0312. The summed E-state index contributed by atoms with van der Waals surface area (Å²) in [5.74, 6) is -0.303. The Kier molecular flexibility index (Phi) is 4.95. The Hall–Kier alpha value is -1.62. The fourth-order valence-corrected chi connectivity index (χ4v) is 2.56. The number of amides is 2. The molecule has 1 aliphatic heterocycles. The number of aryl methyl sites for hydroxylation is 1. The number of halogens is 1. The second-order valence-electron chi connectivity index (χ2n) is 5.12.